The standard InChI is InChI=1S/C17H14O3S/c1-19-12-5-3-11(4-6-12)17-10-15(18)14-9-13(20-2)7-8-16(14)21-17/h3-10H,1-2H3. The second-order valence-corrected chi connectivity index (χ2v) is 5.65. The van der Waals surface area contributed by atoms with Crippen LogP contribution in [-0.2, 0) is 0 Å². The Kier molecular flexibility index (Phi) is 3.62. The molecule has 0 atom stereocenters. The summed E-state index contributed by atoms with van der Waals surface area (Å²) in [5.74, 6) is 1.50. The topological polar surface area (TPSA) is 35.5 Å². The summed E-state index contributed by atoms with van der Waals surface area (Å²) >= 11 is 1.59. The van der Waals surface area contributed by atoms with Crippen LogP contribution in [-0.4, -0.2) is 14.2 Å². The van der Waals surface area contributed by atoms with E-state index in [1.807, 2.05) is 36.4 Å². The highest BCUT2D eigenvalue weighted by Gasteiger charge is 2.06. The highest BCUT2D eigenvalue weighted by atomic mass is 32.1. The monoisotopic (exact) mass is 298 g/mol. The molecule has 3 nitrogen and oxygen atoms in total. The smallest absolute Gasteiger partial charge is 0.188 e. The molecule has 0 fully saturated rings. The van der Waals surface area contributed by atoms with Gasteiger partial charge < -0.3 is 9.47 Å². The number of rotatable bonds is 3. The first-order valence-corrected chi connectivity index (χ1v) is 7.29. The zero-order valence-corrected chi connectivity index (χ0v) is 12.6. The third-order valence-corrected chi connectivity index (χ3v) is 4.46. The lowest BCUT2D eigenvalue weighted by Crippen LogP contribution is -1.99. The summed E-state index contributed by atoms with van der Waals surface area (Å²) in [6, 6.07) is 15.0. The molecule has 0 N–H and O–H groups in total. The average molecular weight is 298 g/mol. The van der Waals surface area contributed by atoms with Crippen LogP contribution in [0.15, 0.2) is 53.3 Å². The maximum absolute atomic E-state index is 12.3. The van der Waals surface area contributed by atoms with E-state index in [2.05, 4.69) is 0 Å². The predicted molar refractivity (Wildman–Crippen MR) is 86.6 cm³/mol. The fraction of sp³-hybridized carbons (Fsp3) is 0.118. The zero-order chi connectivity index (χ0) is 14.8. The molecule has 4 heteroatoms. The average Bonchev–Trinajstić information content (AvgIpc) is 2.54. The molecule has 0 amide bonds. The van der Waals surface area contributed by atoms with Crippen molar-refractivity contribution in [3.8, 4) is 21.9 Å². The number of hydrogen-bond acceptors (Lipinski definition) is 4. The largest absolute Gasteiger partial charge is 0.497 e. The van der Waals surface area contributed by atoms with Gasteiger partial charge in [0.05, 0.1) is 14.2 Å². The summed E-state index contributed by atoms with van der Waals surface area (Å²) in [6.45, 7) is 0. The lowest BCUT2D eigenvalue weighted by Gasteiger charge is -2.05. The third-order valence-electron chi connectivity index (χ3n) is 3.31. The van der Waals surface area contributed by atoms with Gasteiger partial charge in [-0.2, -0.15) is 0 Å². The van der Waals surface area contributed by atoms with Crippen LogP contribution < -0.4 is 14.9 Å². The number of ether oxygens (including phenoxy) is 2. The van der Waals surface area contributed by atoms with E-state index in [1.165, 1.54) is 0 Å². The van der Waals surface area contributed by atoms with E-state index in [0.717, 1.165) is 20.9 Å². The van der Waals surface area contributed by atoms with Crippen molar-refractivity contribution >= 4 is 21.4 Å². The predicted octanol–water partition coefficient (Wildman–Crippen LogP) is 3.95. The van der Waals surface area contributed by atoms with E-state index < -0.39 is 0 Å². The van der Waals surface area contributed by atoms with Gasteiger partial charge >= 0.3 is 0 Å². The lowest BCUT2D eigenvalue weighted by molar-refractivity contribution is 0.415. The van der Waals surface area contributed by atoms with Crippen LogP contribution in [0.3, 0.4) is 0 Å². The number of fused-ring (bicyclic) bond motifs is 1. The maximum atomic E-state index is 12.3. The van der Waals surface area contributed by atoms with Gasteiger partial charge in [0.25, 0.3) is 0 Å². The number of hydrogen-bond donors (Lipinski definition) is 0. The maximum Gasteiger partial charge on any atom is 0.188 e. The Morgan fingerprint density at radius 2 is 1.52 bits per heavy atom. The molecule has 1 heterocycles. The molecule has 0 saturated carbocycles. The van der Waals surface area contributed by atoms with Gasteiger partial charge in [0.2, 0.25) is 0 Å². The molecule has 0 spiro atoms. The van der Waals surface area contributed by atoms with E-state index in [-0.39, 0.29) is 5.43 Å². The quantitative estimate of drug-likeness (QED) is 0.734. The molecule has 0 aliphatic heterocycles. The van der Waals surface area contributed by atoms with Crippen LogP contribution in [0.4, 0.5) is 0 Å². The minimum Gasteiger partial charge on any atom is -0.497 e. The van der Waals surface area contributed by atoms with Crippen LogP contribution in [0.25, 0.3) is 20.5 Å². The van der Waals surface area contributed by atoms with E-state index in [1.54, 1.807) is 37.7 Å². The first-order chi connectivity index (χ1) is 10.2. The van der Waals surface area contributed by atoms with Crippen molar-refractivity contribution in [3.05, 3.63) is 58.8 Å². The van der Waals surface area contributed by atoms with E-state index >= 15 is 0 Å². The molecule has 0 unspecified atom stereocenters. The van der Waals surface area contributed by atoms with Crippen LogP contribution in [0.5, 0.6) is 11.5 Å². The van der Waals surface area contributed by atoms with Crippen molar-refractivity contribution in [1.82, 2.24) is 0 Å². The van der Waals surface area contributed by atoms with Crippen molar-refractivity contribution in [3.63, 3.8) is 0 Å². The minimum atomic E-state index is 0.00784. The van der Waals surface area contributed by atoms with Crippen molar-refractivity contribution in [1.29, 1.82) is 0 Å². The first kappa shape index (κ1) is 13.6. The molecule has 0 radical (unpaired) electrons. The van der Waals surface area contributed by atoms with Gasteiger partial charge in [0, 0.05) is 21.0 Å². The second kappa shape index (κ2) is 5.58. The summed E-state index contributed by atoms with van der Waals surface area (Å²) in [6.07, 6.45) is 0. The van der Waals surface area contributed by atoms with Gasteiger partial charge in [-0.05, 0) is 48.0 Å². The van der Waals surface area contributed by atoms with Gasteiger partial charge in [0.1, 0.15) is 11.5 Å². The normalized spacial score (nSPS) is 10.6. The fourth-order valence-corrected chi connectivity index (χ4v) is 3.22. The Bertz CT molecular complexity index is 835. The summed E-state index contributed by atoms with van der Waals surface area (Å²) < 4.78 is 11.3. The zero-order valence-electron chi connectivity index (χ0n) is 11.8. The third kappa shape index (κ3) is 2.62. The fourth-order valence-electron chi connectivity index (χ4n) is 2.16. The van der Waals surface area contributed by atoms with E-state index in [9.17, 15) is 4.79 Å². The van der Waals surface area contributed by atoms with Crippen LogP contribution in [0.2, 0.25) is 0 Å². The molecule has 3 aromatic rings. The summed E-state index contributed by atoms with van der Waals surface area (Å²) in [5.41, 5.74) is 1.02. The number of benzene rings is 2. The van der Waals surface area contributed by atoms with E-state index in [4.69, 9.17) is 9.47 Å². The Hall–Kier alpha value is -2.33. The summed E-state index contributed by atoms with van der Waals surface area (Å²) in [4.78, 5) is 13.2. The Morgan fingerprint density at radius 1 is 0.857 bits per heavy atom. The van der Waals surface area contributed by atoms with Crippen LogP contribution in [0.1, 0.15) is 0 Å². The van der Waals surface area contributed by atoms with E-state index in [0.29, 0.717) is 11.1 Å². The molecule has 0 saturated heterocycles. The Balaban J connectivity index is 2.13. The van der Waals surface area contributed by atoms with Crippen molar-refractivity contribution in [2.45, 2.75) is 0 Å². The molecule has 1 aromatic heterocycles. The summed E-state index contributed by atoms with van der Waals surface area (Å²) in [5, 5.41) is 0.691. The van der Waals surface area contributed by atoms with Crippen LogP contribution >= 0.6 is 11.3 Å². The van der Waals surface area contributed by atoms with Crippen LogP contribution in [0, 0.1) is 0 Å². The molecule has 2 aromatic carbocycles. The molecule has 3 rings (SSSR count). The second-order valence-electron chi connectivity index (χ2n) is 4.57. The molecule has 0 aliphatic rings. The lowest BCUT2D eigenvalue weighted by atomic mass is 10.1. The van der Waals surface area contributed by atoms with Gasteiger partial charge in [0.15, 0.2) is 5.43 Å². The van der Waals surface area contributed by atoms with Gasteiger partial charge in [-0.15, -0.1) is 11.3 Å². The molecule has 0 bridgehead atoms. The van der Waals surface area contributed by atoms with Crippen molar-refractivity contribution < 1.29 is 9.47 Å². The molecular formula is C17H14O3S. The molecular weight excluding hydrogens is 284 g/mol. The Labute approximate surface area is 126 Å². The van der Waals surface area contributed by atoms with Gasteiger partial charge in [-0.1, -0.05) is 0 Å². The van der Waals surface area contributed by atoms with Gasteiger partial charge in [-0.3, -0.25) is 4.79 Å². The van der Waals surface area contributed by atoms with Crippen molar-refractivity contribution in [2.75, 3.05) is 14.2 Å². The van der Waals surface area contributed by atoms with Gasteiger partial charge in [-0.25, -0.2) is 0 Å². The Morgan fingerprint density at radius 3 is 2.19 bits per heavy atom. The number of methoxy groups -OCH3 is 2. The highest BCUT2D eigenvalue weighted by molar-refractivity contribution is 7.21. The first-order valence-electron chi connectivity index (χ1n) is 6.47. The minimum absolute atomic E-state index is 0.00784. The summed E-state index contributed by atoms with van der Waals surface area (Å²) in [7, 11) is 3.23. The molecule has 0 aliphatic carbocycles. The molecule has 106 valence electrons. The molecule has 21 heavy (non-hydrogen) atoms. The van der Waals surface area contributed by atoms with Crippen molar-refractivity contribution in [2.24, 2.45) is 0 Å². The highest BCUT2D eigenvalue weighted by Crippen LogP contribution is 2.30. The SMILES string of the molecule is COc1ccc(-c2cc(=O)c3cc(OC)ccc3s2)cc1.